The van der Waals surface area contributed by atoms with E-state index in [0.717, 1.165) is 32.7 Å². The second-order valence-electron chi connectivity index (χ2n) is 3.94. The van der Waals surface area contributed by atoms with Gasteiger partial charge in [0.05, 0.1) is 0 Å². The van der Waals surface area contributed by atoms with Gasteiger partial charge in [0, 0.05) is 45.4 Å². The lowest BCUT2D eigenvalue weighted by Crippen LogP contribution is -2.55. The number of rotatable bonds is 4. The molecule has 1 rings (SSSR count). The Labute approximate surface area is 81.4 Å². The van der Waals surface area contributed by atoms with E-state index in [2.05, 4.69) is 24.1 Å². The molecule has 3 heteroatoms. The van der Waals surface area contributed by atoms with E-state index in [4.69, 9.17) is 4.74 Å². The molecular formula is C10H22N2O. The first kappa shape index (κ1) is 11.0. The fraction of sp³-hybridized carbons (Fsp3) is 1.00. The van der Waals surface area contributed by atoms with Gasteiger partial charge >= 0.3 is 0 Å². The molecule has 0 unspecified atom stereocenters. The second kappa shape index (κ2) is 5.58. The van der Waals surface area contributed by atoms with Gasteiger partial charge in [0.1, 0.15) is 0 Å². The van der Waals surface area contributed by atoms with Crippen molar-refractivity contribution in [1.29, 1.82) is 0 Å². The molecule has 1 fully saturated rings. The minimum Gasteiger partial charge on any atom is -0.385 e. The molecule has 0 bridgehead atoms. The first-order chi connectivity index (χ1) is 6.25. The molecule has 0 amide bonds. The van der Waals surface area contributed by atoms with Crippen molar-refractivity contribution in [2.75, 3.05) is 33.4 Å². The molecule has 78 valence electrons. The number of piperazine rings is 1. The molecule has 1 aliphatic rings. The van der Waals surface area contributed by atoms with Crippen molar-refractivity contribution in [3.8, 4) is 0 Å². The number of methoxy groups -OCH3 is 1. The third-order valence-corrected chi connectivity index (χ3v) is 2.78. The topological polar surface area (TPSA) is 24.5 Å². The van der Waals surface area contributed by atoms with Gasteiger partial charge in [-0.2, -0.15) is 0 Å². The van der Waals surface area contributed by atoms with E-state index in [1.165, 1.54) is 0 Å². The standard InChI is InChI=1S/C10H22N2O/c1-9-7-11-8-10(2)12(9)5-4-6-13-3/h9-11H,4-8H2,1-3H3/t9-,10+. The van der Waals surface area contributed by atoms with Crippen LogP contribution in [0.25, 0.3) is 0 Å². The number of hydrogen-bond acceptors (Lipinski definition) is 3. The maximum atomic E-state index is 5.06. The smallest absolute Gasteiger partial charge is 0.0474 e. The van der Waals surface area contributed by atoms with Crippen molar-refractivity contribution in [2.24, 2.45) is 0 Å². The minimum atomic E-state index is 0.667. The minimum absolute atomic E-state index is 0.667. The summed E-state index contributed by atoms with van der Waals surface area (Å²) in [6.45, 7) is 8.86. The molecule has 1 saturated heterocycles. The maximum absolute atomic E-state index is 5.06. The zero-order valence-corrected chi connectivity index (χ0v) is 9.05. The van der Waals surface area contributed by atoms with E-state index in [1.807, 2.05) is 0 Å². The van der Waals surface area contributed by atoms with Crippen LogP contribution in [-0.4, -0.2) is 50.3 Å². The van der Waals surface area contributed by atoms with Crippen molar-refractivity contribution < 1.29 is 4.74 Å². The van der Waals surface area contributed by atoms with Crippen molar-refractivity contribution in [3.05, 3.63) is 0 Å². The predicted molar refractivity (Wildman–Crippen MR) is 55.0 cm³/mol. The Kier molecular flexibility index (Phi) is 4.70. The molecule has 1 N–H and O–H groups in total. The molecule has 13 heavy (non-hydrogen) atoms. The zero-order valence-electron chi connectivity index (χ0n) is 9.05. The fourth-order valence-corrected chi connectivity index (χ4v) is 2.00. The molecule has 0 radical (unpaired) electrons. The first-order valence-corrected chi connectivity index (χ1v) is 5.21. The van der Waals surface area contributed by atoms with E-state index in [-0.39, 0.29) is 0 Å². The Morgan fingerprint density at radius 1 is 1.31 bits per heavy atom. The lowest BCUT2D eigenvalue weighted by Gasteiger charge is -2.39. The van der Waals surface area contributed by atoms with E-state index in [9.17, 15) is 0 Å². The van der Waals surface area contributed by atoms with Gasteiger partial charge < -0.3 is 10.1 Å². The van der Waals surface area contributed by atoms with E-state index in [1.54, 1.807) is 7.11 Å². The van der Waals surface area contributed by atoms with Crippen LogP contribution in [0.4, 0.5) is 0 Å². The Hall–Kier alpha value is -0.120. The first-order valence-electron chi connectivity index (χ1n) is 5.21. The average molecular weight is 186 g/mol. The Bertz CT molecular complexity index is 131. The van der Waals surface area contributed by atoms with E-state index < -0.39 is 0 Å². The number of hydrogen-bond donors (Lipinski definition) is 1. The molecule has 1 heterocycles. The van der Waals surface area contributed by atoms with Crippen LogP contribution in [0.1, 0.15) is 20.3 Å². The molecule has 0 aromatic heterocycles. The Balaban J connectivity index is 2.26. The summed E-state index contributed by atoms with van der Waals surface area (Å²) in [4.78, 5) is 2.57. The molecule has 0 spiro atoms. The van der Waals surface area contributed by atoms with Gasteiger partial charge in [0.25, 0.3) is 0 Å². The highest BCUT2D eigenvalue weighted by Gasteiger charge is 2.23. The predicted octanol–water partition coefficient (Wildman–Crippen LogP) is 0.705. The average Bonchev–Trinajstić information content (AvgIpc) is 2.10. The van der Waals surface area contributed by atoms with Gasteiger partial charge in [-0.1, -0.05) is 0 Å². The Morgan fingerprint density at radius 2 is 1.92 bits per heavy atom. The number of ether oxygens (including phenoxy) is 1. The summed E-state index contributed by atoms with van der Waals surface area (Å²) < 4.78 is 5.06. The van der Waals surface area contributed by atoms with Crippen LogP contribution < -0.4 is 5.32 Å². The van der Waals surface area contributed by atoms with Crippen LogP contribution in [0, 0.1) is 0 Å². The van der Waals surface area contributed by atoms with Crippen molar-refractivity contribution in [1.82, 2.24) is 10.2 Å². The van der Waals surface area contributed by atoms with Gasteiger partial charge in [0.15, 0.2) is 0 Å². The number of nitrogens with one attached hydrogen (secondary N) is 1. The highest BCUT2D eigenvalue weighted by atomic mass is 16.5. The molecule has 3 nitrogen and oxygen atoms in total. The van der Waals surface area contributed by atoms with Crippen LogP contribution in [0.2, 0.25) is 0 Å². The van der Waals surface area contributed by atoms with Crippen LogP contribution in [0.15, 0.2) is 0 Å². The summed E-state index contributed by atoms with van der Waals surface area (Å²) in [5.41, 5.74) is 0. The lowest BCUT2D eigenvalue weighted by atomic mass is 10.1. The quantitative estimate of drug-likeness (QED) is 0.654. The van der Waals surface area contributed by atoms with Gasteiger partial charge in [-0.15, -0.1) is 0 Å². The molecular weight excluding hydrogens is 164 g/mol. The molecule has 0 aromatic carbocycles. The SMILES string of the molecule is COCCCN1[C@H](C)CNC[C@@H]1C. The summed E-state index contributed by atoms with van der Waals surface area (Å²) >= 11 is 0. The van der Waals surface area contributed by atoms with Crippen molar-refractivity contribution >= 4 is 0 Å². The second-order valence-corrected chi connectivity index (χ2v) is 3.94. The molecule has 0 aromatic rings. The highest BCUT2D eigenvalue weighted by molar-refractivity contribution is 4.81. The van der Waals surface area contributed by atoms with Gasteiger partial charge in [0.2, 0.25) is 0 Å². The molecule has 0 aliphatic carbocycles. The monoisotopic (exact) mass is 186 g/mol. The van der Waals surface area contributed by atoms with Crippen LogP contribution in [0.5, 0.6) is 0 Å². The summed E-state index contributed by atoms with van der Waals surface area (Å²) in [7, 11) is 1.77. The van der Waals surface area contributed by atoms with Crippen LogP contribution >= 0.6 is 0 Å². The van der Waals surface area contributed by atoms with Gasteiger partial charge in [-0.25, -0.2) is 0 Å². The summed E-state index contributed by atoms with van der Waals surface area (Å²) in [6, 6.07) is 1.33. The van der Waals surface area contributed by atoms with Crippen LogP contribution in [0.3, 0.4) is 0 Å². The summed E-state index contributed by atoms with van der Waals surface area (Å²) in [5, 5.41) is 3.43. The normalized spacial score (nSPS) is 30.7. The van der Waals surface area contributed by atoms with Gasteiger partial charge in [-0.05, 0) is 20.3 Å². The molecule has 0 saturated carbocycles. The zero-order chi connectivity index (χ0) is 9.68. The van der Waals surface area contributed by atoms with Crippen molar-refractivity contribution in [2.45, 2.75) is 32.4 Å². The third kappa shape index (κ3) is 3.25. The lowest BCUT2D eigenvalue weighted by molar-refractivity contribution is 0.0987. The third-order valence-electron chi connectivity index (χ3n) is 2.78. The van der Waals surface area contributed by atoms with E-state index in [0.29, 0.717) is 12.1 Å². The van der Waals surface area contributed by atoms with Crippen LogP contribution in [-0.2, 0) is 4.74 Å². The largest absolute Gasteiger partial charge is 0.385 e. The Morgan fingerprint density at radius 3 is 2.46 bits per heavy atom. The highest BCUT2D eigenvalue weighted by Crippen LogP contribution is 2.09. The number of nitrogens with zero attached hydrogens (tertiary/aromatic N) is 1. The fourth-order valence-electron chi connectivity index (χ4n) is 2.00. The molecule has 2 atom stereocenters. The van der Waals surface area contributed by atoms with E-state index >= 15 is 0 Å². The summed E-state index contributed by atoms with van der Waals surface area (Å²) in [5.74, 6) is 0. The van der Waals surface area contributed by atoms with Crippen molar-refractivity contribution in [3.63, 3.8) is 0 Å². The maximum Gasteiger partial charge on any atom is 0.0474 e. The molecule has 1 aliphatic heterocycles. The van der Waals surface area contributed by atoms with Gasteiger partial charge in [-0.3, -0.25) is 4.90 Å². The summed E-state index contributed by atoms with van der Waals surface area (Å²) in [6.07, 6.45) is 1.14.